The van der Waals surface area contributed by atoms with Crippen molar-refractivity contribution in [1.82, 2.24) is 4.98 Å². The van der Waals surface area contributed by atoms with Crippen LogP contribution in [0.25, 0.3) is 33.1 Å². The first-order valence-corrected chi connectivity index (χ1v) is 9.85. The second-order valence-electron chi connectivity index (χ2n) is 9.10. The monoisotopic (exact) mass is 369 g/mol. The lowest BCUT2D eigenvalue weighted by Gasteiger charge is -2.21. The van der Waals surface area contributed by atoms with Crippen molar-refractivity contribution in [3.8, 4) is 22.9 Å². The van der Waals surface area contributed by atoms with Crippen molar-refractivity contribution in [2.24, 2.45) is 12.5 Å². The Kier molecular flexibility index (Phi) is 3.54. The Balaban J connectivity index is 1.80. The van der Waals surface area contributed by atoms with E-state index in [9.17, 15) is 0 Å². The van der Waals surface area contributed by atoms with Crippen molar-refractivity contribution >= 4 is 21.8 Å². The zero-order chi connectivity index (χ0) is 19.6. The van der Waals surface area contributed by atoms with E-state index in [-0.39, 0.29) is 5.41 Å². The predicted molar refractivity (Wildman–Crippen MR) is 114 cm³/mol. The summed E-state index contributed by atoms with van der Waals surface area (Å²) in [5.41, 5.74) is 7.17. The normalized spacial score (nSPS) is 12.9. The summed E-state index contributed by atoms with van der Waals surface area (Å²) in [7, 11) is 2.11. The number of hydrogen-bond acceptors (Lipinski definition) is 2. The molecule has 0 radical (unpaired) electrons. The van der Waals surface area contributed by atoms with E-state index >= 15 is 0 Å². The van der Waals surface area contributed by atoms with Gasteiger partial charge in [-0.3, -0.25) is 0 Å². The van der Waals surface area contributed by atoms with Crippen LogP contribution < -0.4 is 9.30 Å². The van der Waals surface area contributed by atoms with Crippen LogP contribution >= 0.6 is 0 Å². The number of fused-ring (bicyclic) bond motifs is 3. The van der Waals surface area contributed by atoms with Gasteiger partial charge >= 0.3 is 0 Å². The predicted octanol–water partition coefficient (Wildman–Crippen LogP) is 5.88. The van der Waals surface area contributed by atoms with Gasteiger partial charge in [0.15, 0.2) is 0 Å². The van der Waals surface area contributed by atoms with Crippen molar-refractivity contribution < 1.29 is 9.30 Å². The van der Waals surface area contributed by atoms with Crippen LogP contribution in [0.1, 0.15) is 31.9 Å². The number of nitrogens with zero attached hydrogens (tertiary/aromatic N) is 2. The Bertz CT molecular complexity index is 1270. The maximum absolute atomic E-state index is 6.30. The van der Waals surface area contributed by atoms with Crippen molar-refractivity contribution in [2.75, 3.05) is 0 Å². The van der Waals surface area contributed by atoms with Gasteiger partial charge in [0.05, 0.1) is 5.56 Å². The zero-order valence-electron chi connectivity index (χ0n) is 17.1. The lowest BCUT2D eigenvalue weighted by Crippen LogP contribution is -2.34. The van der Waals surface area contributed by atoms with Crippen molar-refractivity contribution in [3.63, 3.8) is 0 Å². The molecule has 1 aliphatic rings. The minimum absolute atomic E-state index is 0.242. The third-order valence-corrected chi connectivity index (χ3v) is 5.55. The summed E-state index contributed by atoms with van der Waals surface area (Å²) in [6.45, 7) is 8.96. The maximum Gasteiger partial charge on any atom is 0.294 e. The van der Waals surface area contributed by atoms with Crippen LogP contribution in [0.5, 0.6) is 11.6 Å². The molecule has 0 saturated heterocycles. The van der Waals surface area contributed by atoms with Gasteiger partial charge in [-0.1, -0.05) is 51.1 Å². The molecular weight excluding hydrogens is 344 g/mol. The molecule has 0 amide bonds. The van der Waals surface area contributed by atoms with Gasteiger partial charge in [0.1, 0.15) is 18.3 Å². The first kappa shape index (κ1) is 17.2. The molecule has 3 heteroatoms. The zero-order valence-corrected chi connectivity index (χ0v) is 17.1. The number of ether oxygens (including phenoxy) is 1. The molecular formula is C25H25N2O+. The lowest BCUT2D eigenvalue weighted by molar-refractivity contribution is -0.634. The third kappa shape index (κ3) is 2.57. The molecule has 3 nitrogen and oxygen atoms in total. The summed E-state index contributed by atoms with van der Waals surface area (Å²) in [6.07, 6.45) is 1.02. The summed E-state index contributed by atoms with van der Waals surface area (Å²) in [6, 6.07) is 17.2. The molecule has 5 rings (SSSR count). The van der Waals surface area contributed by atoms with Gasteiger partial charge in [-0.15, -0.1) is 0 Å². The van der Waals surface area contributed by atoms with E-state index in [1.807, 2.05) is 12.1 Å². The van der Waals surface area contributed by atoms with E-state index in [0.29, 0.717) is 5.88 Å². The summed E-state index contributed by atoms with van der Waals surface area (Å²) in [5, 5.41) is 2.38. The number of aromatic nitrogens is 2. The standard InChI is InChI=1S/C25H25N2O/c1-15-9-11-17-7-6-8-20-22(17)21(15)23-24(28-20)26-18-13-16(14-25(2,3)4)10-12-19(18)27(23)5/h6-13H,14H2,1-5H3/q+1. The molecule has 1 aromatic heterocycles. The highest BCUT2D eigenvalue weighted by Crippen LogP contribution is 2.45. The molecule has 0 aliphatic carbocycles. The molecule has 3 aromatic carbocycles. The number of benzene rings is 3. The Labute approximate surface area is 165 Å². The number of aryl methyl sites for hydroxylation is 2. The average molecular weight is 369 g/mol. The third-order valence-electron chi connectivity index (χ3n) is 5.55. The Morgan fingerprint density at radius 3 is 2.64 bits per heavy atom. The summed E-state index contributed by atoms with van der Waals surface area (Å²) >= 11 is 0. The Hall–Kier alpha value is -2.94. The summed E-state index contributed by atoms with van der Waals surface area (Å²) in [5.74, 6) is 1.58. The minimum atomic E-state index is 0.242. The minimum Gasteiger partial charge on any atom is -0.433 e. The van der Waals surface area contributed by atoms with Gasteiger partial charge in [-0.25, -0.2) is 4.98 Å². The first-order valence-electron chi connectivity index (χ1n) is 9.85. The van der Waals surface area contributed by atoms with Crippen LogP contribution in [0.15, 0.2) is 48.5 Å². The van der Waals surface area contributed by atoms with Crippen LogP contribution in [0, 0.1) is 12.3 Å². The first-order chi connectivity index (χ1) is 13.3. The Morgan fingerprint density at radius 1 is 1.04 bits per heavy atom. The van der Waals surface area contributed by atoms with Crippen molar-refractivity contribution in [2.45, 2.75) is 34.1 Å². The van der Waals surface area contributed by atoms with E-state index in [2.05, 4.69) is 75.7 Å². The topological polar surface area (TPSA) is 26.0 Å². The molecule has 1 aliphatic heterocycles. The highest BCUT2D eigenvalue weighted by atomic mass is 16.5. The van der Waals surface area contributed by atoms with E-state index in [1.54, 1.807) is 0 Å². The molecule has 0 N–H and O–H groups in total. The average Bonchev–Trinajstić information content (AvgIpc) is 2.62. The highest BCUT2D eigenvalue weighted by Gasteiger charge is 2.32. The lowest BCUT2D eigenvalue weighted by atomic mass is 9.88. The molecule has 4 aromatic rings. The Morgan fingerprint density at radius 2 is 1.86 bits per heavy atom. The van der Waals surface area contributed by atoms with E-state index < -0.39 is 0 Å². The van der Waals surface area contributed by atoms with E-state index in [4.69, 9.17) is 9.72 Å². The largest absolute Gasteiger partial charge is 0.433 e. The SMILES string of the molecule is Cc1ccc2cccc3c2c1-c1c(nc2cc(CC(C)(C)C)ccc2[n+]1C)O3. The molecule has 0 saturated carbocycles. The van der Waals surface area contributed by atoms with Gasteiger partial charge in [-0.05, 0) is 47.4 Å². The van der Waals surface area contributed by atoms with Crippen molar-refractivity contribution in [1.29, 1.82) is 0 Å². The molecule has 140 valence electrons. The quantitative estimate of drug-likeness (QED) is 0.345. The van der Waals surface area contributed by atoms with Crippen LogP contribution in [0.2, 0.25) is 0 Å². The fraction of sp³-hybridized carbons (Fsp3) is 0.280. The molecule has 0 spiro atoms. The van der Waals surface area contributed by atoms with Gasteiger partial charge in [0.2, 0.25) is 5.52 Å². The van der Waals surface area contributed by atoms with Crippen LogP contribution in [-0.2, 0) is 13.5 Å². The van der Waals surface area contributed by atoms with Crippen LogP contribution in [0.3, 0.4) is 0 Å². The molecule has 28 heavy (non-hydrogen) atoms. The van der Waals surface area contributed by atoms with Gasteiger partial charge < -0.3 is 4.74 Å². The van der Waals surface area contributed by atoms with Gasteiger partial charge in [-0.2, -0.15) is 4.57 Å². The van der Waals surface area contributed by atoms with Crippen molar-refractivity contribution in [3.05, 3.63) is 59.7 Å². The highest BCUT2D eigenvalue weighted by molar-refractivity contribution is 6.03. The van der Waals surface area contributed by atoms with Crippen LogP contribution in [-0.4, -0.2) is 4.98 Å². The fourth-order valence-electron chi connectivity index (χ4n) is 4.38. The second kappa shape index (κ2) is 5.78. The fourth-order valence-corrected chi connectivity index (χ4v) is 4.38. The molecule has 0 bridgehead atoms. The van der Waals surface area contributed by atoms with E-state index in [0.717, 1.165) is 28.9 Å². The smallest absolute Gasteiger partial charge is 0.294 e. The summed E-state index contributed by atoms with van der Waals surface area (Å²) in [4.78, 5) is 4.95. The summed E-state index contributed by atoms with van der Waals surface area (Å²) < 4.78 is 8.53. The molecule has 0 unspecified atom stereocenters. The molecule has 2 heterocycles. The van der Waals surface area contributed by atoms with Gasteiger partial charge in [0, 0.05) is 11.5 Å². The maximum atomic E-state index is 6.30. The molecule has 0 atom stereocenters. The second-order valence-corrected chi connectivity index (χ2v) is 9.10. The van der Waals surface area contributed by atoms with E-state index in [1.165, 1.54) is 27.5 Å². The number of rotatable bonds is 1. The molecule has 0 fully saturated rings. The number of hydrogen-bond donors (Lipinski definition) is 0. The van der Waals surface area contributed by atoms with Gasteiger partial charge in [0.25, 0.3) is 11.6 Å². The van der Waals surface area contributed by atoms with Crippen LogP contribution in [0.4, 0.5) is 0 Å².